The fourth-order valence-electron chi connectivity index (χ4n) is 18.4. The number of hydrogen-bond donors (Lipinski definition) is 0. The van der Waals surface area contributed by atoms with Crippen LogP contribution in [0, 0.1) is 126 Å². The van der Waals surface area contributed by atoms with E-state index >= 15 is 0 Å². The lowest BCUT2D eigenvalue weighted by Crippen LogP contribution is -2.32. The molecule has 0 unspecified atom stereocenters. The molecular weight excluding hydrogens is 1480 g/mol. The number of nitrogens with zero attached hydrogens (tertiary/aromatic N) is 5. The molecule has 0 N–H and O–H groups in total. The predicted octanol–water partition coefficient (Wildman–Crippen LogP) is 27.9. The van der Waals surface area contributed by atoms with Crippen LogP contribution in [0.25, 0.3) is 111 Å². The Morgan fingerprint density at radius 3 is 0.836 bits per heavy atom. The van der Waals surface area contributed by atoms with Gasteiger partial charge in [0.15, 0.2) is 0 Å². The first-order valence-corrected chi connectivity index (χ1v) is 45.3. The minimum absolute atomic E-state index is 0.657. The summed E-state index contributed by atoms with van der Waals surface area (Å²) < 4.78 is 11.8. The lowest BCUT2D eigenvalue weighted by molar-refractivity contribution is -0.633. The van der Waals surface area contributed by atoms with E-state index in [1.165, 1.54) is 217 Å². The van der Waals surface area contributed by atoms with Crippen LogP contribution in [-0.2, 0) is 73.8 Å². The zero-order valence-corrected chi connectivity index (χ0v) is 80.2. The van der Waals surface area contributed by atoms with E-state index < -0.39 is 0 Å². The first kappa shape index (κ1) is 92.0. The molecule has 0 saturated carbocycles. The van der Waals surface area contributed by atoms with Crippen molar-refractivity contribution < 1.29 is 22.8 Å². The predicted molar refractivity (Wildman–Crippen MR) is 526 cm³/mol. The Kier molecular flexibility index (Phi) is 30.2. The Balaban J connectivity index is 0.000000149. The van der Waals surface area contributed by atoms with E-state index in [1.54, 1.807) is 0 Å². The molecule has 5 heteroatoms. The van der Waals surface area contributed by atoms with Crippen LogP contribution in [0.4, 0.5) is 0 Å². The van der Waals surface area contributed by atoms with Gasteiger partial charge in [-0.3, -0.25) is 0 Å². The smallest absolute Gasteiger partial charge is 0.194 e. The molecule has 0 radical (unpaired) electrons. The first-order valence-electron chi connectivity index (χ1n) is 45.3. The van der Waals surface area contributed by atoms with Crippen molar-refractivity contribution in [1.82, 2.24) is 0 Å². The molecule has 0 aliphatic heterocycles. The van der Waals surface area contributed by atoms with Gasteiger partial charge in [0.2, 0.25) is 56.1 Å². The highest BCUT2D eigenvalue weighted by Gasteiger charge is 2.26. The van der Waals surface area contributed by atoms with Crippen molar-refractivity contribution in [2.24, 2.45) is 70.7 Å². The highest BCUT2D eigenvalue weighted by Crippen LogP contribution is 2.35. The van der Waals surface area contributed by atoms with Gasteiger partial charge in [-0.15, -0.1) is 0 Å². The van der Waals surface area contributed by atoms with Gasteiger partial charge in [-0.2, -0.15) is 22.8 Å². The van der Waals surface area contributed by atoms with Crippen molar-refractivity contribution >= 4 is 54.5 Å². The van der Waals surface area contributed by atoms with Crippen molar-refractivity contribution in [1.29, 1.82) is 0 Å². The molecule has 0 atom stereocenters. The normalized spacial score (nSPS) is 11.5. The average Bonchev–Trinajstić information content (AvgIpc) is 0.797. The Morgan fingerprint density at radius 2 is 0.484 bits per heavy atom. The molecule has 5 heterocycles. The summed E-state index contributed by atoms with van der Waals surface area (Å²) in [7, 11) is 11.0. The molecule has 122 heavy (non-hydrogen) atoms. The minimum Gasteiger partial charge on any atom is -0.194 e. The van der Waals surface area contributed by atoms with Gasteiger partial charge in [0.05, 0.1) is 0 Å². The Bertz CT molecular complexity index is 6180. The standard InChI is InChI=1S/C27H36N.2C23H28N.2C22H26N/c1-17(2)11-22-15-23(12-18(3)4)24-9-10-26(28(8)27(24)16-22)25-14-19(5)13-20(6)21(25)7;1-15(2)11-19-7-8-20-9-10-22(24(6)23(20)14-19)21-13-16(3)12-17(4)18(21)5;1-15(2)12-19-8-7-9-22-20(19)10-11-23(24(22)6)21-14-16(3)13-17(4)18(21)5;1-15(2)12-18-8-9-19-10-11-21(23(5)22(19)14-18)20-13-16(3)6-7-17(20)4;1-15(2)13-18-7-6-8-21-19(18)11-12-22(23(21)5)20-14-16(3)9-10-17(20)4/h9-10,13-18H,11-12H2,1-8H3;7-10,12-15H,11H2,1-6H3;7-11,13-15H,12H2,1-6H3;6-11,13-15H,12H2,1-5H3;6-12,14-15H,13H2,1-5H3/q5*+1. The summed E-state index contributed by atoms with van der Waals surface area (Å²) in [5.74, 6) is 4.02. The molecule has 0 aliphatic rings. The van der Waals surface area contributed by atoms with Crippen molar-refractivity contribution in [3.05, 3.63) is 324 Å². The van der Waals surface area contributed by atoms with Crippen LogP contribution in [0.1, 0.15) is 189 Å². The minimum atomic E-state index is 0.657. The van der Waals surface area contributed by atoms with Gasteiger partial charge in [0.1, 0.15) is 35.2 Å². The van der Waals surface area contributed by atoms with E-state index in [0.717, 1.165) is 38.5 Å². The SMILES string of the molecule is Cc1cc(C)c(C)c(-c2ccc3c(CC(C)C)cc(CC(C)C)cc3[n+]2C)c1.Cc1cc(C)c(C)c(-c2ccc3c(CC(C)C)cccc3[n+]2C)c1.Cc1cc(C)c(C)c(-c2ccc3ccc(CC(C)C)cc3[n+]2C)c1.Cc1ccc(C)c(-c2ccc3c(CC(C)C)cccc3[n+]2C)c1.Cc1ccc(C)c(-c2ccc3ccc(CC(C)C)cc3[n+]2C)c1. The summed E-state index contributed by atoms with van der Waals surface area (Å²) in [6.07, 6.45) is 6.77. The molecule has 0 aliphatic carbocycles. The molecular formula is C117H144N5+5. The summed E-state index contributed by atoms with van der Waals surface area (Å²) in [4.78, 5) is 0. The molecule has 0 bridgehead atoms. The van der Waals surface area contributed by atoms with Crippen LogP contribution < -0.4 is 22.8 Å². The number of aryl methyl sites for hydroxylation is 15. The number of rotatable bonds is 17. The third-order valence-corrected chi connectivity index (χ3v) is 24.9. The summed E-state index contributed by atoms with van der Waals surface area (Å²) in [6, 6.07) is 81.9. The lowest BCUT2D eigenvalue weighted by atomic mass is 9.92. The summed E-state index contributed by atoms with van der Waals surface area (Å²) in [5.41, 5.74) is 45.8. The van der Waals surface area contributed by atoms with Crippen molar-refractivity contribution in [2.45, 2.75) is 212 Å². The number of hydrogen-bond acceptors (Lipinski definition) is 0. The molecule has 0 spiro atoms. The number of pyridine rings is 5. The maximum atomic E-state index is 2.45. The molecule has 5 aromatic heterocycles. The van der Waals surface area contributed by atoms with Gasteiger partial charge >= 0.3 is 0 Å². The largest absolute Gasteiger partial charge is 0.213 e. The molecule has 0 saturated heterocycles. The van der Waals surface area contributed by atoms with E-state index in [2.05, 4.69) is 450 Å². The van der Waals surface area contributed by atoms with Crippen LogP contribution in [0.5, 0.6) is 0 Å². The monoisotopic (exact) mass is 1620 g/mol. The Hall–Kier alpha value is -10.8. The second-order valence-electron chi connectivity index (χ2n) is 38.5. The third-order valence-electron chi connectivity index (χ3n) is 24.9. The molecule has 10 aromatic carbocycles. The second-order valence-corrected chi connectivity index (χ2v) is 38.5. The first-order chi connectivity index (χ1) is 57.8. The molecule has 632 valence electrons. The van der Waals surface area contributed by atoms with Crippen LogP contribution in [-0.4, -0.2) is 0 Å². The fraction of sp³-hybridized carbons (Fsp3) is 0.359. The highest BCUT2D eigenvalue weighted by molar-refractivity contribution is 5.86. The topological polar surface area (TPSA) is 19.4 Å². The van der Waals surface area contributed by atoms with Crippen molar-refractivity contribution in [3.63, 3.8) is 0 Å². The lowest BCUT2D eigenvalue weighted by Gasteiger charge is -2.15. The maximum Gasteiger partial charge on any atom is 0.213 e. The van der Waals surface area contributed by atoms with Gasteiger partial charge in [-0.1, -0.05) is 196 Å². The van der Waals surface area contributed by atoms with Crippen molar-refractivity contribution in [2.75, 3.05) is 0 Å². The molecule has 0 fully saturated rings. The van der Waals surface area contributed by atoms with E-state index in [1.807, 2.05) is 0 Å². The average molecular weight is 1620 g/mol. The maximum absolute atomic E-state index is 2.45. The number of benzene rings is 10. The molecule has 5 nitrogen and oxygen atoms in total. The van der Waals surface area contributed by atoms with E-state index in [9.17, 15) is 0 Å². The van der Waals surface area contributed by atoms with Gasteiger partial charge < -0.3 is 0 Å². The van der Waals surface area contributed by atoms with E-state index in [-0.39, 0.29) is 0 Å². The van der Waals surface area contributed by atoms with Gasteiger partial charge in [-0.05, 0) is 315 Å². The van der Waals surface area contributed by atoms with Gasteiger partial charge in [0, 0.05) is 115 Å². The van der Waals surface area contributed by atoms with E-state index in [4.69, 9.17) is 0 Å². The second kappa shape index (κ2) is 40.1. The van der Waals surface area contributed by atoms with Crippen LogP contribution in [0.3, 0.4) is 0 Å². The van der Waals surface area contributed by atoms with Crippen LogP contribution in [0.15, 0.2) is 218 Å². The quantitative estimate of drug-likeness (QED) is 0.0810. The Labute approximate surface area is 735 Å². The van der Waals surface area contributed by atoms with Crippen molar-refractivity contribution in [3.8, 4) is 56.3 Å². The van der Waals surface area contributed by atoms with Gasteiger partial charge in [0.25, 0.3) is 0 Å². The number of aromatic nitrogens is 5. The molecule has 15 aromatic rings. The summed E-state index contributed by atoms with van der Waals surface area (Å²) in [6.45, 7) is 56.0. The summed E-state index contributed by atoms with van der Waals surface area (Å²) >= 11 is 0. The summed E-state index contributed by atoms with van der Waals surface area (Å²) in [5, 5.41) is 6.75. The van der Waals surface area contributed by atoms with Crippen LogP contribution >= 0.6 is 0 Å². The third kappa shape index (κ3) is 21.8. The fourth-order valence-corrected chi connectivity index (χ4v) is 18.4. The Morgan fingerprint density at radius 1 is 0.205 bits per heavy atom. The molecule has 15 rings (SSSR count). The van der Waals surface area contributed by atoms with E-state index in [0.29, 0.717) is 35.5 Å². The number of fused-ring (bicyclic) bond motifs is 5. The zero-order chi connectivity index (χ0) is 88.6. The highest BCUT2D eigenvalue weighted by atomic mass is 15.0. The van der Waals surface area contributed by atoms with Crippen LogP contribution in [0.2, 0.25) is 0 Å². The van der Waals surface area contributed by atoms with Gasteiger partial charge in [-0.25, -0.2) is 0 Å². The molecule has 0 amide bonds. The zero-order valence-electron chi connectivity index (χ0n) is 80.2.